The monoisotopic (exact) mass is 292 g/mol. The van der Waals surface area contributed by atoms with E-state index >= 15 is 0 Å². The third-order valence-electron chi connectivity index (χ3n) is 2.93. The number of nitrogens with zero attached hydrogens (tertiary/aromatic N) is 1. The van der Waals surface area contributed by atoms with Crippen LogP contribution in [-0.4, -0.2) is 22.3 Å². The summed E-state index contributed by atoms with van der Waals surface area (Å²) in [6, 6.07) is 4.52. The van der Waals surface area contributed by atoms with E-state index in [1.165, 1.54) is 0 Å². The van der Waals surface area contributed by atoms with E-state index in [4.69, 9.17) is 4.74 Å². The van der Waals surface area contributed by atoms with Gasteiger partial charge in [-0.05, 0) is 26.0 Å². The lowest BCUT2D eigenvalue weighted by Crippen LogP contribution is -2.12. The molecule has 0 unspecified atom stereocenters. The van der Waals surface area contributed by atoms with Crippen molar-refractivity contribution in [1.82, 2.24) is 4.98 Å². The zero-order chi connectivity index (χ0) is 15.6. The Balaban J connectivity index is 2.16. The number of aromatic amines is 1. The number of nitrogens with one attached hydrogen (secondary N) is 1. The molecule has 0 aliphatic carbocycles. The molecule has 1 heterocycles. The smallest absolute Gasteiger partial charge is 0.311 e. The van der Waals surface area contributed by atoms with Crippen molar-refractivity contribution >= 4 is 11.5 Å². The van der Waals surface area contributed by atoms with Crippen molar-refractivity contribution in [1.29, 1.82) is 0 Å². The van der Waals surface area contributed by atoms with E-state index < -0.39 is 17.3 Å². The van der Waals surface area contributed by atoms with Crippen LogP contribution in [0.4, 0.5) is 10.1 Å². The molecule has 21 heavy (non-hydrogen) atoms. The first-order chi connectivity index (χ1) is 9.88. The predicted octanol–water partition coefficient (Wildman–Crippen LogP) is 2.94. The van der Waals surface area contributed by atoms with Gasteiger partial charge >= 0.3 is 5.69 Å². The molecule has 7 heteroatoms. The molecule has 0 spiro atoms. The fourth-order valence-electron chi connectivity index (χ4n) is 1.99. The van der Waals surface area contributed by atoms with Gasteiger partial charge < -0.3 is 9.72 Å². The molecule has 0 radical (unpaired) electrons. The highest BCUT2D eigenvalue weighted by Gasteiger charge is 2.18. The van der Waals surface area contributed by atoms with Gasteiger partial charge in [-0.3, -0.25) is 14.9 Å². The van der Waals surface area contributed by atoms with Crippen LogP contribution in [0.5, 0.6) is 5.75 Å². The minimum atomic E-state index is -0.690. The minimum absolute atomic E-state index is 0.265. The van der Waals surface area contributed by atoms with Crippen LogP contribution in [0.1, 0.15) is 21.7 Å². The fourth-order valence-corrected chi connectivity index (χ4v) is 1.99. The summed E-state index contributed by atoms with van der Waals surface area (Å²) < 4.78 is 18.2. The Morgan fingerprint density at radius 1 is 1.38 bits per heavy atom. The number of ether oxygens (including phenoxy) is 1. The normalized spacial score (nSPS) is 10.4. The molecule has 0 saturated heterocycles. The molecule has 0 bridgehead atoms. The summed E-state index contributed by atoms with van der Waals surface area (Å²) in [4.78, 5) is 25.1. The average Bonchev–Trinajstić information content (AvgIpc) is 2.74. The summed E-state index contributed by atoms with van der Waals surface area (Å²) in [5, 5.41) is 10.8. The molecule has 0 fully saturated rings. The van der Waals surface area contributed by atoms with E-state index in [9.17, 15) is 19.3 Å². The SMILES string of the molecule is Cc1cc(C(=O)COc2cc(F)ccc2[N+](=O)[O-])c(C)[nH]1. The third kappa shape index (κ3) is 3.25. The van der Waals surface area contributed by atoms with Gasteiger partial charge in [-0.2, -0.15) is 0 Å². The number of carbonyl (C=O) groups is 1. The number of rotatable bonds is 5. The highest BCUT2D eigenvalue weighted by molar-refractivity contribution is 5.98. The number of H-pyrrole nitrogens is 1. The Morgan fingerprint density at radius 3 is 2.67 bits per heavy atom. The Hall–Kier alpha value is -2.70. The van der Waals surface area contributed by atoms with Gasteiger partial charge in [-0.1, -0.05) is 0 Å². The molecule has 0 amide bonds. The highest BCUT2D eigenvalue weighted by atomic mass is 19.1. The molecule has 2 aromatic rings. The number of nitro benzene ring substituents is 1. The number of aryl methyl sites for hydroxylation is 2. The highest BCUT2D eigenvalue weighted by Crippen LogP contribution is 2.27. The number of halogens is 1. The van der Waals surface area contributed by atoms with Crippen LogP contribution in [0.2, 0.25) is 0 Å². The molecule has 0 atom stereocenters. The van der Waals surface area contributed by atoms with Gasteiger partial charge in [0.1, 0.15) is 5.82 Å². The Morgan fingerprint density at radius 2 is 2.10 bits per heavy atom. The molecule has 1 N–H and O–H groups in total. The maximum atomic E-state index is 13.1. The molecule has 2 rings (SSSR count). The van der Waals surface area contributed by atoms with E-state index in [0.717, 1.165) is 23.9 Å². The van der Waals surface area contributed by atoms with Crippen LogP contribution in [0, 0.1) is 29.8 Å². The van der Waals surface area contributed by atoms with Gasteiger partial charge in [0.15, 0.2) is 12.4 Å². The first-order valence-corrected chi connectivity index (χ1v) is 6.14. The summed E-state index contributed by atoms with van der Waals surface area (Å²) in [6.45, 7) is 3.15. The molecular weight excluding hydrogens is 279 g/mol. The van der Waals surface area contributed by atoms with E-state index in [2.05, 4.69) is 4.98 Å². The fraction of sp³-hybridized carbons (Fsp3) is 0.214. The largest absolute Gasteiger partial charge is 0.478 e. The van der Waals surface area contributed by atoms with Crippen molar-refractivity contribution in [3.05, 3.63) is 57.1 Å². The lowest BCUT2D eigenvalue weighted by atomic mass is 10.1. The zero-order valence-corrected chi connectivity index (χ0v) is 11.5. The van der Waals surface area contributed by atoms with Crippen LogP contribution < -0.4 is 4.74 Å². The summed E-state index contributed by atoms with van der Waals surface area (Å²) in [6.07, 6.45) is 0. The lowest BCUT2D eigenvalue weighted by Gasteiger charge is -2.06. The van der Waals surface area contributed by atoms with E-state index in [-0.39, 0.29) is 17.2 Å². The standard InChI is InChI=1S/C14H13FN2O4/c1-8-5-11(9(2)16-8)13(18)7-21-14-6-10(15)3-4-12(14)17(19)20/h3-6,16H,7H2,1-2H3. The van der Waals surface area contributed by atoms with Crippen molar-refractivity contribution in [2.24, 2.45) is 0 Å². The van der Waals surface area contributed by atoms with Gasteiger partial charge in [0, 0.05) is 29.1 Å². The van der Waals surface area contributed by atoms with Crippen LogP contribution in [0.15, 0.2) is 24.3 Å². The number of Topliss-reactive ketones (excluding diaryl/α,β-unsaturated/α-hetero) is 1. The lowest BCUT2D eigenvalue weighted by molar-refractivity contribution is -0.385. The topological polar surface area (TPSA) is 85.2 Å². The first-order valence-electron chi connectivity index (χ1n) is 6.14. The van der Waals surface area contributed by atoms with E-state index in [0.29, 0.717) is 11.3 Å². The molecule has 1 aromatic carbocycles. The second-order valence-corrected chi connectivity index (χ2v) is 4.57. The summed E-state index contributed by atoms with van der Waals surface area (Å²) in [5.41, 5.74) is 1.58. The molecule has 0 saturated carbocycles. The average molecular weight is 292 g/mol. The molecular formula is C14H13FN2O4. The molecule has 110 valence electrons. The summed E-state index contributed by atoms with van der Waals surface area (Å²) in [5.74, 6) is -1.27. The van der Waals surface area contributed by atoms with Crippen molar-refractivity contribution in [2.45, 2.75) is 13.8 Å². The minimum Gasteiger partial charge on any atom is -0.478 e. The third-order valence-corrected chi connectivity index (χ3v) is 2.93. The maximum Gasteiger partial charge on any atom is 0.311 e. The molecule has 0 aliphatic rings. The van der Waals surface area contributed by atoms with E-state index in [1.807, 2.05) is 6.92 Å². The molecule has 6 nitrogen and oxygen atoms in total. The quantitative estimate of drug-likeness (QED) is 0.521. The Labute approximate surface area is 119 Å². The van der Waals surface area contributed by atoms with E-state index in [1.54, 1.807) is 13.0 Å². The van der Waals surface area contributed by atoms with Crippen molar-refractivity contribution in [2.75, 3.05) is 6.61 Å². The zero-order valence-electron chi connectivity index (χ0n) is 11.5. The van der Waals surface area contributed by atoms with Crippen molar-refractivity contribution in [3.63, 3.8) is 0 Å². The van der Waals surface area contributed by atoms with Crippen LogP contribution in [-0.2, 0) is 0 Å². The Kier molecular flexibility index (Phi) is 4.02. The predicted molar refractivity (Wildman–Crippen MR) is 73.1 cm³/mol. The van der Waals surface area contributed by atoms with Gasteiger partial charge in [-0.15, -0.1) is 0 Å². The number of hydrogen-bond donors (Lipinski definition) is 1. The first kappa shape index (κ1) is 14.7. The van der Waals surface area contributed by atoms with Gasteiger partial charge in [0.25, 0.3) is 0 Å². The van der Waals surface area contributed by atoms with Crippen molar-refractivity contribution in [3.8, 4) is 5.75 Å². The number of hydrogen-bond acceptors (Lipinski definition) is 4. The summed E-state index contributed by atoms with van der Waals surface area (Å²) >= 11 is 0. The number of ketones is 1. The number of benzene rings is 1. The van der Waals surface area contributed by atoms with Crippen LogP contribution in [0.25, 0.3) is 0 Å². The van der Waals surface area contributed by atoms with Gasteiger partial charge in [0.05, 0.1) is 4.92 Å². The van der Waals surface area contributed by atoms with Crippen LogP contribution in [0.3, 0.4) is 0 Å². The Bertz CT molecular complexity index is 709. The van der Waals surface area contributed by atoms with Gasteiger partial charge in [0.2, 0.25) is 5.78 Å². The summed E-state index contributed by atoms with van der Waals surface area (Å²) in [7, 11) is 0. The number of nitro groups is 1. The number of aromatic nitrogens is 1. The second-order valence-electron chi connectivity index (χ2n) is 4.57. The van der Waals surface area contributed by atoms with Crippen LogP contribution >= 0.6 is 0 Å². The maximum absolute atomic E-state index is 13.1. The van der Waals surface area contributed by atoms with Crippen molar-refractivity contribution < 1.29 is 18.8 Å². The second kappa shape index (κ2) is 5.74. The molecule has 1 aromatic heterocycles. The number of carbonyl (C=O) groups excluding carboxylic acids is 1. The molecule has 0 aliphatic heterocycles. The van der Waals surface area contributed by atoms with Gasteiger partial charge in [-0.25, -0.2) is 4.39 Å².